The van der Waals surface area contributed by atoms with E-state index in [1.54, 1.807) is 10.6 Å². The summed E-state index contributed by atoms with van der Waals surface area (Å²) in [6.45, 7) is 0. The van der Waals surface area contributed by atoms with Crippen molar-refractivity contribution in [1.82, 2.24) is 19.5 Å². The minimum absolute atomic E-state index is 0.262. The van der Waals surface area contributed by atoms with E-state index in [9.17, 15) is 10.2 Å². The minimum Gasteiger partial charge on any atom is -0.388 e. The zero-order valence-electron chi connectivity index (χ0n) is 9.80. The summed E-state index contributed by atoms with van der Waals surface area (Å²) in [5, 5.41) is 19.8. The lowest BCUT2D eigenvalue weighted by atomic mass is 10.1. The van der Waals surface area contributed by atoms with Gasteiger partial charge in [-0.05, 0) is 6.08 Å². The Morgan fingerprint density at radius 1 is 1.32 bits per heavy atom. The number of aliphatic hydroxyl groups excluding tert-OH is 2. The largest absolute Gasteiger partial charge is 0.388 e. The number of aliphatic hydroxyl groups is 2. The van der Waals surface area contributed by atoms with Crippen molar-refractivity contribution in [1.29, 1.82) is 0 Å². The Hall–Kier alpha value is -2.43. The molecule has 0 fully saturated rings. The molecule has 1 aliphatic rings. The summed E-state index contributed by atoms with van der Waals surface area (Å²) in [7, 11) is 0. The van der Waals surface area contributed by atoms with Gasteiger partial charge in [-0.1, -0.05) is 5.92 Å². The van der Waals surface area contributed by atoms with Crippen LogP contribution in [-0.2, 0) is 0 Å². The van der Waals surface area contributed by atoms with Gasteiger partial charge in [0.05, 0.1) is 12.4 Å². The van der Waals surface area contributed by atoms with Gasteiger partial charge in [-0.25, -0.2) is 15.0 Å². The molecule has 2 aromatic rings. The Labute approximate surface area is 108 Å². The average Bonchev–Trinajstić information content (AvgIpc) is 2.94. The first-order valence-electron chi connectivity index (χ1n) is 5.61. The van der Waals surface area contributed by atoms with Crippen LogP contribution >= 0.6 is 0 Å². The molecule has 19 heavy (non-hydrogen) atoms. The molecule has 0 spiro atoms. The molecule has 0 radical (unpaired) electrons. The normalized spacial score (nSPS) is 26.4. The number of terminal acetylenes is 1. The summed E-state index contributed by atoms with van der Waals surface area (Å²) in [4.78, 5) is 12.0. The first-order chi connectivity index (χ1) is 9.13. The van der Waals surface area contributed by atoms with E-state index in [-0.39, 0.29) is 5.82 Å². The van der Waals surface area contributed by atoms with Crippen LogP contribution in [0, 0.1) is 12.3 Å². The van der Waals surface area contributed by atoms with Gasteiger partial charge in [0.1, 0.15) is 24.1 Å². The minimum atomic E-state index is -1.08. The highest BCUT2D eigenvalue weighted by molar-refractivity contribution is 5.81. The van der Waals surface area contributed by atoms with Crippen molar-refractivity contribution in [3.05, 3.63) is 24.3 Å². The zero-order chi connectivity index (χ0) is 13.6. The summed E-state index contributed by atoms with van der Waals surface area (Å²) in [6.07, 6.45) is 7.59. The van der Waals surface area contributed by atoms with Gasteiger partial charge in [0.2, 0.25) is 0 Å². The molecule has 4 N–H and O–H groups in total. The topological polar surface area (TPSA) is 110 Å². The van der Waals surface area contributed by atoms with Crippen LogP contribution in [0.4, 0.5) is 5.82 Å². The Morgan fingerprint density at radius 2 is 2.11 bits per heavy atom. The summed E-state index contributed by atoms with van der Waals surface area (Å²) in [5.41, 5.74) is 6.98. The van der Waals surface area contributed by atoms with Crippen molar-refractivity contribution in [3.63, 3.8) is 0 Å². The third-order valence-electron chi connectivity index (χ3n) is 3.22. The van der Waals surface area contributed by atoms with E-state index in [0.29, 0.717) is 16.7 Å². The number of fused-ring (bicyclic) bond motifs is 1. The highest BCUT2D eigenvalue weighted by Crippen LogP contribution is 2.31. The predicted octanol–water partition coefficient (Wildman–Crippen LogP) is -0.755. The van der Waals surface area contributed by atoms with E-state index in [1.165, 1.54) is 12.7 Å². The van der Waals surface area contributed by atoms with Gasteiger partial charge in [-0.3, -0.25) is 0 Å². The molecule has 0 bridgehead atoms. The highest BCUT2D eigenvalue weighted by Gasteiger charge is 2.36. The quantitative estimate of drug-likeness (QED) is 0.579. The first kappa shape index (κ1) is 11.6. The molecule has 0 saturated carbocycles. The van der Waals surface area contributed by atoms with Crippen LogP contribution < -0.4 is 5.73 Å². The zero-order valence-corrected chi connectivity index (χ0v) is 9.80. The van der Waals surface area contributed by atoms with Crippen LogP contribution in [-0.4, -0.2) is 41.9 Å². The van der Waals surface area contributed by atoms with E-state index in [2.05, 4.69) is 20.9 Å². The molecule has 96 valence electrons. The summed E-state index contributed by atoms with van der Waals surface area (Å²) in [5.74, 6) is 2.62. The second kappa shape index (κ2) is 4.05. The fourth-order valence-electron chi connectivity index (χ4n) is 2.22. The van der Waals surface area contributed by atoms with Crippen LogP contribution in [0.3, 0.4) is 0 Å². The maximum absolute atomic E-state index is 10.0. The molecule has 0 amide bonds. The Kier molecular flexibility index (Phi) is 2.48. The van der Waals surface area contributed by atoms with Crippen LogP contribution in [0.2, 0.25) is 0 Å². The summed E-state index contributed by atoms with van der Waals surface area (Å²) < 4.78 is 1.62. The maximum atomic E-state index is 10.0. The number of imidazole rings is 1. The molecule has 0 aromatic carbocycles. The molecule has 7 nitrogen and oxygen atoms in total. The summed E-state index contributed by atoms with van der Waals surface area (Å²) >= 11 is 0. The van der Waals surface area contributed by atoms with Crippen molar-refractivity contribution in [2.24, 2.45) is 0 Å². The van der Waals surface area contributed by atoms with Gasteiger partial charge in [-0.2, -0.15) is 0 Å². The van der Waals surface area contributed by atoms with E-state index in [0.717, 1.165) is 0 Å². The van der Waals surface area contributed by atoms with Gasteiger partial charge in [0, 0.05) is 5.57 Å². The molecular weight excluding hydrogens is 246 g/mol. The van der Waals surface area contributed by atoms with Gasteiger partial charge < -0.3 is 20.5 Å². The van der Waals surface area contributed by atoms with Crippen LogP contribution in [0.25, 0.3) is 11.2 Å². The monoisotopic (exact) mass is 257 g/mol. The number of nitrogens with two attached hydrogens (primary N) is 1. The van der Waals surface area contributed by atoms with Crippen molar-refractivity contribution < 1.29 is 10.2 Å². The van der Waals surface area contributed by atoms with E-state index >= 15 is 0 Å². The number of hydrogen-bond donors (Lipinski definition) is 3. The second-order valence-corrected chi connectivity index (χ2v) is 4.28. The second-order valence-electron chi connectivity index (χ2n) is 4.28. The van der Waals surface area contributed by atoms with Crippen LogP contribution in [0.1, 0.15) is 6.04 Å². The molecule has 0 saturated heterocycles. The molecule has 7 heteroatoms. The molecule has 0 aliphatic heterocycles. The number of nitrogens with zero attached hydrogens (tertiary/aromatic N) is 4. The smallest absolute Gasteiger partial charge is 0.166 e. The first-order valence-corrected chi connectivity index (χ1v) is 5.61. The number of nitrogen functional groups attached to an aromatic ring is 1. The molecular formula is C12H11N5O2. The fraction of sp³-hybridized carbons (Fsp3) is 0.250. The predicted molar refractivity (Wildman–Crippen MR) is 67.7 cm³/mol. The van der Waals surface area contributed by atoms with Crippen molar-refractivity contribution in [2.75, 3.05) is 5.73 Å². The number of rotatable bonds is 1. The van der Waals surface area contributed by atoms with E-state index in [4.69, 9.17) is 12.2 Å². The Bertz CT molecular complexity index is 714. The number of anilines is 1. The maximum Gasteiger partial charge on any atom is 0.166 e. The molecule has 1 aliphatic carbocycles. The third kappa shape index (κ3) is 1.58. The Morgan fingerprint density at radius 3 is 2.79 bits per heavy atom. The summed E-state index contributed by atoms with van der Waals surface area (Å²) in [6, 6.07) is -0.527. The van der Waals surface area contributed by atoms with Gasteiger partial charge in [-0.15, -0.1) is 6.42 Å². The Balaban J connectivity index is 2.14. The van der Waals surface area contributed by atoms with E-state index < -0.39 is 18.2 Å². The molecule has 3 rings (SSSR count). The van der Waals surface area contributed by atoms with Crippen molar-refractivity contribution in [3.8, 4) is 12.3 Å². The number of hydrogen-bond acceptors (Lipinski definition) is 6. The molecule has 0 unspecified atom stereocenters. The SMILES string of the molecule is C#CC1=C[C@@H](n2cnc3c(N)ncnc32)[C@H](O)[C@@H]1O. The molecule has 2 heterocycles. The molecule has 3 atom stereocenters. The third-order valence-corrected chi connectivity index (χ3v) is 3.22. The van der Waals surface area contributed by atoms with Crippen LogP contribution in [0.5, 0.6) is 0 Å². The number of aromatic nitrogens is 4. The van der Waals surface area contributed by atoms with Crippen LogP contribution in [0.15, 0.2) is 24.3 Å². The average molecular weight is 257 g/mol. The van der Waals surface area contributed by atoms with Gasteiger partial charge in [0.15, 0.2) is 11.5 Å². The lowest BCUT2D eigenvalue weighted by Crippen LogP contribution is -2.29. The lowest BCUT2D eigenvalue weighted by molar-refractivity contribution is 0.0346. The molecule has 2 aromatic heterocycles. The van der Waals surface area contributed by atoms with Gasteiger partial charge in [0.25, 0.3) is 0 Å². The standard InChI is InChI=1S/C12H11N5O2/c1-2-6-3-7(10(19)9(6)18)17-5-16-8-11(13)14-4-15-12(8)17/h1,3-5,7,9-10,18-19H,(H2,13,14,15)/t7-,9-,10+/m1/s1. The van der Waals surface area contributed by atoms with Gasteiger partial charge >= 0.3 is 0 Å². The fourth-order valence-corrected chi connectivity index (χ4v) is 2.22. The van der Waals surface area contributed by atoms with E-state index in [1.807, 2.05) is 0 Å². The lowest BCUT2D eigenvalue weighted by Gasteiger charge is -2.18. The highest BCUT2D eigenvalue weighted by atomic mass is 16.3. The van der Waals surface area contributed by atoms with Crippen molar-refractivity contribution >= 4 is 17.0 Å². The van der Waals surface area contributed by atoms with Crippen molar-refractivity contribution in [2.45, 2.75) is 18.2 Å².